The number of benzene rings is 1. The van der Waals surface area contributed by atoms with Gasteiger partial charge in [-0.1, -0.05) is 22.9 Å². The molecule has 0 aliphatic carbocycles. The van der Waals surface area contributed by atoms with Gasteiger partial charge in [-0.15, -0.1) is 0 Å². The lowest BCUT2D eigenvalue weighted by molar-refractivity contribution is 0.0984. The highest BCUT2D eigenvalue weighted by Gasteiger charge is 2.15. The van der Waals surface area contributed by atoms with Gasteiger partial charge in [0.2, 0.25) is 0 Å². The fraction of sp³-hybridized carbons (Fsp3) is 0.333. The van der Waals surface area contributed by atoms with E-state index in [1.165, 1.54) is 0 Å². The van der Waals surface area contributed by atoms with E-state index in [0.29, 0.717) is 12.1 Å². The number of hydrogen-bond donors (Lipinski definition) is 0. The number of aryl methyl sites for hydroxylation is 2. The first-order chi connectivity index (χ1) is 9.55. The van der Waals surface area contributed by atoms with Gasteiger partial charge in [0, 0.05) is 17.9 Å². The number of carbonyl (C=O) groups is 1. The van der Waals surface area contributed by atoms with Crippen molar-refractivity contribution in [2.24, 2.45) is 7.05 Å². The molecule has 0 spiro atoms. The quantitative estimate of drug-likeness (QED) is 0.787. The Morgan fingerprint density at radius 3 is 2.75 bits per heavy atom. The van der Waals surface area contributed by atoms with Crippen molar-refractivity contribution in [1.29, 1.82) is 0 Å². The molecule has 4 nitrogen and oxygen atoms in total. The van der Waals surface area contributed by atoms with Crippen LogP contribution < -0.4 is 4.74 Å². The molecule has 0 aliphatic heterocycles. The summed E-state index contributed by atoms with van der Waals surface area (Å²) in [6.07, 6.45) is 1.14. The smallest absolute Gasteiger partial charge is 0.185 e. The number of hydrogen-bond acceptors (Lipinski definition) is 3. The van der Waals surface area contributed by atoms with Crippen LogP contribution in [0.1, 0.15) is 28.7 Å². The number of halogens is 1. The normalized spacial score (nSPS) is 10.6. The Labute approximate surface area is 126 Å². The van der Waals surface area contributed by atoms with Gasteiger partial charge in [-0.05, 0) is 36.2 Å². The summed E-state index contributed by atoms with van der Waals surface area (Å²) in [5, 5.41) is 4.31. The van der Waals surface area contributed by atoms with Crippen LogP contribution in [0.3, 0.4) is 0 Å². The molecule has 106 valence electrons. The number of ketones is 1. The van der Waals surface area contributed by atoms with Crippen molar-refractivity contribution in [3.8, 4) is 5.75 Å². The lowest BCUT2D eigenvalue weighted by atomic mass is 10.1. The Balaban J connectivity index is 2.25. The fourth-order valence-corrected chi connectivity index (χ4v) is 2.42. The molecule has 1 heterocycles. The number of aromatic nitrogens is 2. The lowest BCUT2D eigenvalue weighted by Crippen LogP contribution is -2.10. The maximum absolute atomic E-state index is 12.4. The van der Waals surface area contributed by atoms with Crippen molar-refractivity contribution in [3.05, 3.63) is 45.7 Å². The van der Waals surface area contributed by atoms with E-state index < -0.39 is 0 Å². The predicted molar refractivity (Wildman–Crippen MR) is 81.3 cm³/mol. The molecule has 0 fully saturated rings. The summed E-state index contributed by atoms with van der Waals surface area (Å²) in [6.45, 7) is 2.02. The summed E-state index contributed by atoms with van der Waals surface area (Å²) in [4.78, 5) is 12.4. The lowest BCUT2D eigenvalue weighted by Gasteiger charge is -2.07. The zero-order valence-electron chi connectivity index (χ0n) is 11.8. The minimum atomic E-state index is 0.0497. The highest BCUT2D eigenvalue weighted by molar-refractivity contribution is 9.10. The van der Waals surface area contributed by atoms with Crippen LogP contribution in [0.4, 0.5) is 0 Å². The van der Waals surface area contributed by atoms with E-state index >= 15 is 0 Å². The first-order valence-corrected chi connectivity index (χ1v) is 7.23. The minimum absolute atomic E-state index is 0.0497. The van der Waals surface area contributed by atoms with Crippen LogP contribution in [0.2, 0.25) is 0 Å². The van der Waals surface area contributed by atoms with E-state index in [1.54, 1.807) is 18.8 Å². The highest BCUT2D eigenvalue weighted by Crippen LogP contribution is 2.24. The Morgan fingerprint density at radius 1 is 1.40 bits per heavy atom. The summed E-state index contributed by atoms with van der Waals surface area (Å²) in [6, 6.07) is 7.48. The standard InChI is InChI=1S/C15H17BrN2O2/c1-4-11-9-14(18(2)17-11)15(19)8-10-7-12(20-3)5-6-13(10)16/h5-7,9H,4,8H2,1-3H3. The molecule has 0 saturated heterocycles. The summed E-state index contributed by atoms with van der Waals surface area (Å²) < 4.78 is 7.75. The number of carbonyl (C=O) groups excluding carboxylic acids is 1. The van der Waals surface area contributed by atoms with Crippen molar-refractivity contribution in [1.82, 2.24) is 9.78 Å². The predicted octanol–water partition coefficient (Wildman–Crippen LogP) is 3.18. The van der Waals surface area contributed by atoms with Gasteiger partial charge in [-0.25, -0.2) is 0 Å². The zero-order chi connectivity index (χ0) is 14.7. The van der Waals surface area contributed by atoms with Crippen LogP contribution in [0.25, 0.3) is 0 Å². The Bertz CT molecular complexity index is 635. The Hall–Kier alpha value is -1.62. The summed E-state index contributed by atoms with van der Waals surface area (Å²) in [5.41, 5.74) is 2.48. The van der Waals surface area contributed by atoms with Gasteiger partial charge in [0.1, 0.15) is 11.4 Å². The summed E-state index contributed by atoms with van der Waals surface area (Å²) in [7, 11) is 3.41. The SMILES string of the molecule is CCc1cc(C(=O)Cc2cc(OC)ccc2Br)n(C)n1. The summed E-state index contributed by atoms with van der Waals surface area (Å²) >= 11 is 3.47. The molecule has 0 N–H and O–H groups in total. The first-order valence-electron chi connectivity index (χ1n) is 6.43. The van der Waals surface area contributed by atoms with Gasteiger partial charge >= 0.3 is 0 Å². The molecule has 0 unspecified atom stereocenters. The monoisotopic (exact) mass is 336 g/mol. The van der Waals surface area contributed by atoms with Gasteiger partial charge < -0.3 is 4.74 Å². The van der Waals surface area contributed by atoms with E-state index in [2.05, 4.69) is 21.0 Å². The second-order valence-electron chi connectivity index (χ2n) is 4.56. The topological polar surface area (TPSA) is 44.1 Å². The molecular weight excluding hydrogens is 320 g/mol. The van der Waals surface area contributed by atoms with Crippen LogP contribution in [0.15, 0.2) is 28.7 Å². The van der Waals surface area contributed by atoms with E-state index in [9.17, 15) is 4.79 Å². The largest absolute Gasteiger partial charge is 0.497 e. The number of ether oxygens (including phenoxy) is 1. The van der Waals surface area contributed by atoms with Gasteiger partial charge in [-0.2, -0.15) is 5.10 Å². The number of rotatable bonds is 5. The molecule has 0 saturated carbocycles. The molecule has 2 aromatic rings. The molecule has 1 aromatic carbocycles. The van der Waals surface area contributed by atoms with Crippen molar-refractivity contribution in [2.45, 2.75) is 19.8 Å². The number of nitrogens with zero attached hydrogens (tertiary/aromatic N) is 2. The van der Waals surface area contributed by atoms with Crippen LogP contribution in [-0.2, 0) is 19.9 Å². The third-order valence-corrected chi connectivity index (χ3v) is 3.96. The zero-order valence-corrected chi connectivity index (χ0v) is 13.4. The van der Waals surface area contributed by atoms with E-state index in [4.69, 9.17) is 4.74 Å². The molecule has 1 aromatic heterocycles. The second kappa shape index (κ2) is 6.22. The molecule has 0 aliphatic rings. The minimum Gasteiger partial charge on any atom is -0.497 e. The molecule has 2 rings (SSSR count). The summed E-state index contributed by atoms with van der Waals surface area (Å²) in [5.74, 6) is 0.795. The number of Topliss-reactive ketones (excluding diaryl/α,β-unsaturated/α-hetero) is 1. The second-order valence-corrected chi connectivity index (χ2v) is 5.41. The molecular formula is C15H17BrN2O2. The highest BCUT2D eigenvalue weighted by atomic mass is 79.9. The third kappa shape index (κ3) is 3.10. The van der Waals surface area contributed by atoms with Gasteiger partial charge in [0.05, 0.1) is 12.8 Å². The van der Waals surface area contributed by atoms with Crippen molar-refractivity contribution in [3.63, 3.8) is 0 Å². The maximum atomic E-state index is 12.4. The molecule has 0 bridgehead atoms. The maximum Gasteiger partial charge on any atom is 0.185 e. The average Bonchev–Trinajstić information content (AvgIpc) is 2.82. The molecule has 0 radical (unpaired) electrons. The van der Waals surface area contributed by atoms with Crippen molar-refractivity contribution in [2.75, 3.05) is 7.11 Å². The van der Waals surface area contributed by atoms with E-state index in [-0.39, 0.29) is 5.78 Å². The fourth-order valence-electron chi connectivity index (χ4n) is 2.04. The van der Waals surface area contributed by atoms with Gasteiger partial charge in [-0.3, -0.25) is 9.48 Å². The Morgan fingerprint density at radius 2 is 2.15 bits per heavy atom. The first kappa shape index (κ1) is 14.8. The van der Waals surface area contributed by atoms with Gasteiger partial charge in [0.25, 0.3) is 0 Å². The van der Waals surface area contributed by atoms with Crippen LogP contribution in [0.5, 0.6) is 5.75 Å². The van der Waals surface area contributed by atoms with Crippen molar-refractivity contribution < 1.29 is 9.53 Å². The van der Waals surface area contributed by atoms with Crippen LogP contribution >= 0.6 is 15.9 Å². The van der Waals surface area contributed by atoms with E-state index in [0.717, 1.165) is 27.9 Å². The van der Waals surface area contributed by atoms with E-state index in [1.807, 2.05) is 31.2 Å². The molecule has 0 atom stereocenters. The third-order valence-electron chi connectivity index (χ3n) is 3.18. The van der Waals surface area contributed by atoms with Crippen LogP contribution in [-0.4, -0.2) is 22.7 Å². The number of methoxy groups -OCH3 is 1. The van der Waals surface area contributed by atoms with Crippen molar-refractivity contribution >= 4 is 21.7 Å². The van der Waals surface area contributed by atoms with Gasteiger partial charge in [0.15, 0.2) is 5.78 Å². The molecule has 20 heavy (non-hydrogen) atoms. The average molecular weight is 337 g/mol. The molecule has 5 heteroatoms. The van der Waals surface area contributed by atoms with Crippen LogP contribution in [0, 0.1) is 0 Å². The Kier molecular flexibility index (Phi) is 4.60. The molecule has 0 amide bonds.